The fourth-order valence-electron chi connectivity index (χ4n) is 5.10. The van der Waals surface area contributed by atoms with Crippen LogP contribution >= 0.6 is 23.1 Å². The first-order valence-corrected chi connectivity index (χ1v) is 13.9. The van der Waals surface area contributed by atoms with Crippen molar-refractivity contribution >= 4 is 46.7 Å². The van der Waals surface area contributed by atoms with E-state index in [1.165, 1.54) is 16.9 Å². The molecule has 2 saturated heterocycles. The maximum Gasteiger partial charge on any atom is 0.244 e. The lowest BCUT2D eigenvalue weighted by molar-refractivity contribution is -0.146. The molecule has 0 saturated carbocycles. The van der Waals surface area contributed by atoms with Crippen molar-refractivity contribution in [3.8, 4) is 0 Å². The van der Waals surface area contributed by atoms with Gasteiger partial charge in [-0.25, -0.2) is 4.98 Å². The van der Waals surface area contributed by atoms with Crippen molar-refractivity contribution in [1.82, 2.24) is 15.2 Å². The summed E-state index contributed by atoms with van der Waals surface area (Å²) < 4.78 is 0. The minimum absolute atomic E-state index is 0.00890. The van der Waals surface area contributed by atoms with Crippen molar-refractivity contribution in [2.24, 2.45) is 22.4 Å². The third-order valence-electron chi connectivity index (χ3n) is 6.66. The minimum atomic E-state index is -0.763. The molecule has 2 fully saturated rings. The molecule has 4 rings (SSSR count). The highest BCUT2D eigenvalue weighted by molar-refractivity contribution is 8.00. The van der Waals surface area contributed by atoms with E-state index in [0.29, 0.717) is 36.6 Å². The second-order valence-electron chi connectivity index (χ2n) is 9.44. The summed E-state index contributed by atoms with van der Waals surface area (Å²) in [6.07, 6.45) is 4.52. The predicted molar refractivity (Wildman–Crippen MR) is 143 cm³/mol. The maximum atomic E-state index is 13.4. The molecule has 36 heavy (non-hydrogen) atoms. The maximum absolute atomic E-state index is 13.4. The van der Waals surface area contributed by atoms with Crippen LogP contribution in [0.5, 0.6) is 0 Å². The van der Waals surface area contributed by atoms with E-state index in [1.54, 1.807) is 28.2 Å². The Bertz CT molecular complexity index is 1110. The monoisotopic (exact) mass is 528 g/mol. The SMILES string of the molecule is C[C@]12C[C@@H](Cc3ccccc3)CC(=O)N1[C@H](C(=O)N[C@@H](CCCN=C(N)N)C(=O)c1nccs1)CS2. The van der Waals surface area contributed by atoms with Crippen LogP contribution in [0.3, 0.4) is 0 Å². The normalized spacial score (nSPS) is 24.1. The quantitative estimate of drug-likeness (QED) is 0.186. The van der Waals surface area contributed by atoms with E-state index in [0.717, 1.165) is 12.8 Å². The van der Waals surface area contributed by atoms with Crippen molar-refractivity contribution in [2.45, 2.75) is 56.0 Å². The summed E-state index contributed by atoms with van der Waals surface area (Å²) in [4.78, 5) is 49.2. The van der Waals surface area contributed by atoms with Gasteiger partial charge in [-0.15, -0.1) is 23.1 Å². The number of rotatable bonds is 10. The second-order valence-corrected chi connectivity index (χ2v) is 11.8. The number of Topliss-reactive ketones (excluding diaryl/α,β-unsaturated/α-hetero) is 1. The third kappa shape index (κ3) is 6.07. The number of aromatic nitrogens is 1. The number of ketones is 1. The average Bonchev–Trinajstić information content (AvgIpc) is 3.49. The van der Waals surface area contributed by atoms with E-state index in [1.807, 2.05) is 25.1 Å². The van der Waals surface area contributed by atoms with Crippen LogP contribution in [0.4, 0.5) is 0 Å². The van der Waals surface area contributed by atoms with E-state index < -0.39 is 17.0 Å². The number of nitrogens with one attached hydrogen (secondary N) is 1. The molecule has 2 amide bonds. The Morgan fingerprint density at radius 3 is 2.78 bits per heavy atom. The number of thiazole rings is 1. The molecule has 2 aliphatic rings. The lowest BCUT2D eigenvalue weighted by atomic mass is 9.85. The Labute approximate surface area is 219 Å². The number of thioether (sulfide) groups is 1. The smallest absolute Gasteiger partial charge is 0.244 e. The molecule has 2 aromatic rings. The standard InChI is InChI=1S/C25H32N6O3S2/c1-25-14-17(12-16-6-3-2-4-7-16)13-20(32)31(25)19(15-36-25)22(34)30-18(8-5-9-29-24(26)27)21(33)23-28-10-11-35-23/h2-4,6-7,10-11,17-19H,5,8-9,12-15H2,1H3,(H,30,34)(H4,26,27,29)/t17-,18-,19-,25-/m0/s1. The van der Waals surface area contributed by atoms with E-state index in [9.17, 15) is 14.4 Å². The van der Waals surface area contributed by atoms with E-state index in [-0.39, 0.29) is 29.5 Å². The summed E-state index contributed by atoms with van der Waals surface area (Å²) in [6, 6.07) is 8.81. The summed E-state index contributed by atoms with van der Waals surface area (Å²) in [5.74, 6) is 0.147. The highest BCUT2D eigenvalue weighted by atomic mass is 32.2. The minimum Gasteiger partial charge on any atom is -0.370 e. The molecule has 3 heterocycles. The van der Waals surface area contributed by atoms with Gasteiger partial charge in [-0.05, 0) is 44.1 Å². The van der Waals surface area contributed by atoms with Crippen LogP contribution in [0.1, 0.15) is 48.0 Å². The number of carbonyl (C=O) groups excluding carboxylic acids is 3. The van der Waals surface area contributed by atoms with Gasteiger partial charge in [-0.3, -0.25) is 19.4 Å². The lowest BCUT2D eigenvalue weighted by Gasteiger charge is -2.44. The van der Waals surface area contributed by atoms with E-state index in [4.69, 9.17) is 11.5 Å². The van der Waals surface area contributed by atoms with Gasteiger partial charge in [0.2, 0.25) is 17.6 Å². The Kier molecular flexibility index (Phi) is 8.30. The molecule has 2 aliphatic heterocycles. The molecule has 0 radical (unpaired) electrons. The van der Waals surface area contributed by atoms with Crippen molar-refractivity contribution in [3.05, 3.63) is 52.5 Å². The van der Waals surface area contributed by atoms with Crippen LogP contribution < -0.4 is 16.8 Å². The Morgan fingerprint density at radius 2 is 2.08 bits per heavy atom. The van der Waals surface area contributed by atoms with Crippen molar-refractivity contribution in [2.75, 3.05) is 12.3 Å². The first-order valence-electron chi connectivity index (χ1n) is 12.1. The molecule has 5 N–H and O–H groups in total. The first-order chi connectivity index (χ1) is 17.3. The first kappa shape index (κ1) is 26.2. The second kappa shape index (κ2) is 11.4. The number of hydrogen-bond acceptors (Lipinski definition) is 7. The molecular formula is C25H32N6O3S2. The number of amides is 2. The number of nitrogens with zero attached hydrogens (tertiary/aromatic N) is 3. The summed E-state index contributed by atoms with van der Waals surface area (Å²) in [7, 11) is 0. The van der Waals surface area contributed by atoms with Crippen molar-refractivity contribution < 1.29 is 14.4 Å². The summed E-state index contributed by atoms with van der Waals surface area (Å²) in [6.45, 7) is 2.40. The molecule has 9 nitrogen and oxygen atoms in total. The van der Waals surface area contributed by atoms with Crippen LogP contribution in [-0.2, 0) is 16.0 Å². The largest absolute Gasteiger partial charge is 0.370 e. The summed E-state index contributed by atoms with van der Waals surface area (Å²) >= 11 is 2.88. The number of guanidine groups is 1. The number of nitrogens with two attached hydrogens (primary N) is 2. The molecule has 4 atom stereocenters. The molecule has 192 valence electrons. The van der Waals surface area contributed by atoms with Gasteiger partial charge in [0.05, 0.1) is 10.9 Å². The Balaban J connectivity index is 1.43. The van der Waals surface area contributed by atoms with Crippen LogP contribution in [0.2, 0.25) is 0 Å². The van der Waals surface area contributed by atoms with Crippen molar-refractivity contribution in [3.63, 3.8) is 0 Å². The highest BCUT2D eigenvalue weighted by Gasteiger charge is 2.53. The van der Waals surface area contributed by atoms with Gasteiger partial charge in [0, 0.05) is 30.3 Å². The number of fused-ring (bicyclic) bond motifs is 1. The van der Waals surface area contributed by atoms with Gasteiger partial charge in [0.25, 0.3) is 0 Å². The summed E-state index contributed by atoms with van der Waals surface area (Å²) in [5, 5.41) is 4.98. The fraction of sp³-hybridized carbons (Fsp3) is 0.480. The molecule has 1 aromatic heterocycles. The zero-order chi connectivity index (χ0) is 25.7. The molecular weight excluding hydrogens is 496 g/mol. The third-order valence-corrected chi connectivity index (χ3v) is 8.92. The predicted octanol–water partition coefficient (Wildman–Crippen LogP) is 2.18. The van der Waals surface area contributed by atoms with E-state index in [2.05, 4.69) is 27.4 Å². The molecule has 0 bridgehead atoms. The lowest BCUT2D eigenvalue weighted by Crippen LogP contribution is -2.58. The van der Waals surface area contributed by atoms with E-state index >= 15 is 0 Å². The zero-order valence-electron chi connectivity index (χ0n) is 20.3. The van der Waals surface area contributed by atoms with Gasteiger partial charge in [-0.1, -0.05) is 30.3 Å². The molecule has 11 heteroatoms. The van der Waals surface area contributed by atoms with Gasteiger partial charge < -0.3 is 21.7 Å². The molecule has 0 aliphatic carbocycles. The number of aliphatic imine (C=N–C) groups is 1. The van der Waals surface area contributed by atoms with Gasteiger partial charge in [0.15, 0.2) is 11.0 Å². The molecule has 0 unspecified atom stereocenters. The molecule has 0 spiro atoms. The van der Waals surface area contributed by atoms with Crippen molar-refractivity contribution in [1.29, 1.82) is 0 Å². The van der Waals surface area contributed by atoms with Crippen LogP contribution in [0.25, 0.3) is 0 Å². The van der Waals surface area contributed by atoms with Crippen LogP contribution in [0, 0.1) is 5.92 Å². The van der Waals surface area contributed by atoms with Gasteiger partial charge in [0.1, 0.15) is 6.04 Å². The Hall–Kier alpha value is -2.92. The van der Waals surface area contributed by atoms with Gasteiger partial charge >= 0.3 is 0 Å². The number of benzene rings is 1. The number of piperidine rings is 1. The average molecular weight is 529 g/mol. The topological polar surface area (TPSA) is 144 Å². The summed E-state index contributed by atoms with van der Waals surface area (Å²) in [5.41, 5.74) is 12.0. The Morgan fingerprint density at radius 1 is 1.31 bits per heavy atom. The van der Waals surface area contributed by atoms with Crippen LogP contribution in [-0.4, -0.2) is 62.7 Å². The highest BCUT2D eigenvalue weighted by Crippen LogP contribution is 2.48. The zero-order valence-corrected chi connectivity index (χ0v) is 21.9. The van der Waals surface area contributed by atoms with Gasteiger partial charge in [-0.2, -0.15) is 0 Å². The number of hydrogen-bond donors (Lipinski definition) is 3. The van der Waals surface area contributed by atoms with Crippen LogP contribution in [0.15, 0.2) is 46.9 Å². The molecule has 1 aromatic carbocycles. The number of carbonyl (C=O) groups is 3. The fourth-order valence-corrected chi connectivity index (χ4v) is 7.27.